The molecular weight excluding hydrogens is 1030 g/mol. The Bertz CT molecular complexity index is 1550. The second-order valence-corrected chi connectivity index (χ2v) is 25.4. The molecule has 3 N–H and O–H groups in total. The Labute approximate surface area is 467 Å². The Morgan fingerprint density at radius 3 is 0.883 bits per heavy atom. The number of carbonyl (C=O) groups excluding carboxylic acids is 4. The minimum atomic E-state index is -4.94. The molecule has 0 heterocycles. The zero-order chi connectivity index (χ0) is 57.4. The van der Waals surface area contributed by atoms with Crippen LogP contribution in [0.4, 0.5) is 0 Å². The second kappa shape index (κ2) is 49.8. The summed E-state index contributed by atoms with van der Waals surface area (Å²) in [6, 6.07) is 0. The molecule has 0 aliphatic carbocycles. The highest BCUT2D eigenvalue weighted by atomic mass is 31.2. The van der Waals surface area contributed by atoms with E-state index >= 15 is 0 Å². The number of unbranched alkanes of at least 4 members (excludes halogenated alkanes) is 24. The molecule has 2 unspecified atom stereocenters. The first-order chi connectivity index (χ1) is 36.7. The van der Waals surface area contributed by atoms with Crippen molar-refractivity contribution in [1.82, 2.24) is 0 Å². The Morgan fingerprint density at radius 1 is 0.351 bits per heavy atom. The van der Waals surface area contributed by atoms with E-state index in [-0.39, 0.29) is 25.7 Å². The van der Waals surface area contributed by atoms with E-state index < -0.39 is 97.5 Å². The lowest BCUT2D eigenvalue weighted by atomic mass is 10.0. The lowest BCUT2D eigenvalue weighted by Crippen LogP contribution is -2.30. The number of phosphoric ester groups is 2. The third-order valence-corrected chi connectivity index (χ3v) is 15.0. The maximum atomic E-state index is 12.9. The largest absolute Gasteiger partial charge is 0.472 e. The van der Waals surface area contributed by atoms with Crippen molar-refractivity contribution in [2.24, 2.45) is 17.8 Å². The molecule has 0 aliphatic rings. The lowest BCUT2D eigenvalue weighted by Gasteiger charge is -2.21. The Balaban J connectivity index is 5.23. The Kier molecular flexibility index (Phi) is 48.6. The number of aliphatic hydroxyl groups is 1. The number of phosphoric acid groups is 2. The summed E-state index contributed by atoms with van der Waals surface area (Å²) < 4.78 is 67.6. The monoisotopic (exact) mass is 1140 g/mol. The van der Waals surface area contributed by atoms with Crippen LogP contribution in [0.15, 0.2) is 0 Å². The van der Waals surface area contributed by atoms with Crippen LogP contribution in [-0.2, 0) is 65.4 Å². The SMILES string of the molecule is CCCCCCCCCCCC(=O)OC[C@H](COP(=O)(O)OC[C@H](O)COP(=O)(O)OC[C@@H](COC(=O)CCCCCCCCC(C)C)OC(=O)CCCCCCCCCC(C)C)OC(=O)CCCCCCCCC(C)C. The summed E-state index contributed by atoms with van der Waals surface area (Å²) in [6.45, 7) is 11.5. The maximum absolute atomic E-state index is 12.9. The van der Waals surface area contributed by atoms with Gasteiger partial charge in [0.1, 0.15) is 19.3 Å². The smallest absolute Gasteiger partial charge is 0.462 e. The second-order valence-electron chi connectivity index (χ2n) is 22.5. The molecule has 5 atom stereocenters. The van der Waals surface area contributed by atoms with Crippen molar-refractivity contribution >= 4 is 39.5 Å². The molecule has 0 spiro atoms. The number of esters is 4. The van der Waals surface area contributed by atoms with E-state index in [4.69, 9.17) is 37.0 Å². The molecule has 0 bridgehead atoms. The van der Waals surface area contributed by atoms with Gasteiger partial charge in [-0.3, -0.25) is 37.3 Å². The van der Waals surface area contributed by atoms with Gasteiger partial charge in [0.15, 0.2) is 12.2 Å². The maximum Gasteiger partial charge on any atom is 0.472 e. The highest BCUT2D eigenvalue weighted by Gasteiger charge is 2.30. The van der Waals surface area contributed by atoms with Crippen LogP contribution >= 0.6 is 15.6 Å². The average Bonchev–Trinajstić information content (AvgIpc) is 3.37. The standard InChI is InChI=1S/C58H112O17P2/c1-8-9-10-11-12-13-16-25-32-39-55(60)68-45-54(75-58(63)42-35-28-21-19-24-31-38-51(6)7)48-73-77(66,67)71-44-52(59)43-70-76(64,65)72-47-53(46-69-56(61)40-33-26-20-18-23-30-37-50(4)5)74-57(62)41-34-27-17-14-15-22-29-36-49(2)3/h49-54,59H,8-48H2,1-7H3,(H,64,65)(H,66,67)/t52-,53-,54-/m1/s1. The number of rotatable bonds is 56. The van der Waals surface area contributed by atoms with Crippen LogP contribution in [0.5, 0.6) is 0 Å². The number of hydrogen-bond donors (Lipinski definition) is 3. The van der Waals surface area contributed by atoms with Crippen LogP contribution in [-0.4, -0.2) is 96.7 Å². The van der Waals surface area contributed by atoms with Crippen LogP contribution in [0, 0.1) is 17.8 Å². The topological polar surface area (TPSA) is 237 Å². The van der Waals surface area contributed by atoms with Crippen molar-refractivity contribution in [2.45, 2.75) is 292 Å². The van der Waals surface area contributed by atoms with Gasteiger partial charge < -0.3 is 33.8 Å². The number of hydrogen-bond acceptors (Lipinski definition) is 15. The summed E-state index contributed by atoms with van der Waals surface area (Å²) >= 11 is 0. The molecule has 0 rings (SSSR count). The normalized spacial score (nSPS) is 14.6. The third kappa shape index (κ3) is 53.2. The fourth-order valence-corrected chi connectivity index (χ4v) is 10.00. The van der Waals surface area contributed by atoms with E-state index in [9.17, 15) is 43.2 Å². The van der Waals surface area contributed by atoms with E-state index in [1.54, 1.807) is 0 Å². The zero-order valence-electron chi connectivity index (χ0n) is 49.4. The van der Waals surface area contributed by atoms with Crippen molar-refractivity contribution in [3.05, 3.63) is 0 Å². The average molecular weight is 1140 g/mol. The summed E-state index contributed by atoms with van der Waals surface area (Å²) in [5.74, 6) is -0.108. The minimum Gasteiger partial charge on any atom is -0.462 e. The molecule has 77 heavy (non-hydrogen) atoms. The van der Waals surface area contributed by atoms with Gasteiger partial charge in [0.25, 0.3) is 0 Å². The van der Waals surface area contributed by atoms with E-state index in [0.717, 1.165) is 96.3 Å². The fourth-order valence-electron chi connectivity index (χ4n) is 8.42. The van der Waals surface area contributed by atoms with Gasteiger partial charge in [0.2, 0.25) is 0 Å². The van der Waals surface area contributed by atoms with Gasteiger partial charge in [-0.15, -0.1) is 0 Å². The number of ether oxygens (including phenoxy) is 4. The summed E-state index contributed by atoms with van der Waals surface area (Å²) in [5, 5.41) is 10.5. The van der Waals surface area contributed by atoms with Crippen molar-refractivity contribution < 1.29 is 80.2 Å². The van der Waals surface area contributed by atoms with Gasteiger partial charge in [-0.2, -0.15) is 0 Å². The highest BCUT2D eigenvalue weighted by molar-refractivity contribution is 7.47. The molecule has 0 amide bonds. The van der Waals surface area contributed by atoms with Gasteiger partial charge in [0, 0.05) is 25.7 Å². The predicted molar refractivity (Wildman–Crippen MR) is 303 cm³/mol. The van der Waals surface area contributed by atoms with Crippen LogP contribution in [0.25, 0.3) is 0 Å². The molecule has 0 saturated heterocycles. The van der Waals surface area contributed by atoms with Gasteiger partial charge >= 0.3 is 39.5 Å². The number of aliphatic hydroxyl groups excluding tert-OH is 1. The number of carbonyl (C=O) groups is 4. The van der Waals surface area contributed by atoms with Gasteiger partial charge in [-0.05, 0) is 43.4 Å². The highest BCUT2D eigenvalue weighted by Crippen LogP contribution is 2.45. The summed E-state index contributed by atoms with van der Waals surface area (Å²) in [4.78, 5) is 71.8. The molecule has 17 nitrogen and oxygen atoms in total. The zero-order valence-corrected chi connectivity index (χ0v) is 51.2. The molecule has 0 saturated carbocycles. The molecule has 0 aromatic carbocycles. The molecule has 0 aliphatic heterocycles. The molecule has 0 aromatic rings. The predicted octanol–water partition coefficient (Wildman–Crippen LogP) is 15.2. The van der Waals surface area contributed by atoms with E-state index in [2.05, 4.69) is 48.5 Å². The van der Waals surface area contributed by atoms with Crippen LogP contribution in [0.1, 0.15) is 273 Å². The molecule has 0 radical (unpaired) electrons. The van der Waals surface area contributed by atoms with Gasteiger partial charge in [-0.1, -0.05) is 222 Å². The molecule has 456 valence electrons. The molecular formula is C58H112O17P2. The summed E-state index contributed by atoms with van der Waals surface area (Å²) in [5.41, 5.74) is 0. The van der Waals surface area contributed by atoms with Gasteiger partial charge in [-0.25, -0.2) is 9.13 Å². The van der Waals surface area contributed by atoms with Crippen molar-refractivity contribution in [1.29, 1.82) is 0 Å². The third-order valence-electron chi connectivity index (χ3n) is 13.1. The molecule has 0 aromatic heterocycles. The van der Waals surface area contributed by atoms with Crippen LogP contribution in [0.3, 0.4) is 0 Å². The van der Waals surface area contributed by atoms with Crippen molar-refractivity contribution in [2.75, 3.05) is 39.6 Å². The fraction of sp³-hybridized carbons (Fsp3) is 0.931. The van der Waals surface area contributed by atoms with E-state index in [0.29, 0.717) is 43.4 Å². The van der Waals surface area contributed by atoms with Gasteiger partial charge in [0.05, 0.1) is 26.4 Å². The van der Waals surface area contributed by atoms with Crippen LogP contribution in [0.2, 0.25) is 0 Å². The van der Waals surface area contributed by atoms with E-state index in [1.807, 2.05) is 0 Å². The quantitative estimate of drug-likeness (QED) is 0.0222. The first kappa shape index (κ1) is 75.1. The summed E-state index contributed by atoms with van der Waals surface area (Å²) in [6.07, 6.45) is 28.4. The van der Waals surface area contributed by atoms with E-state index in [1.165, 1.54) is 77.0 Å². The van der Waals surface area contributed by atoms with Crippen molar-refractivity contribution in [3.8, 4) is 0 Å². The lowest BCUT2D eigenvalue weighted by molar-refractivity contribution is -0.161. The minimum absolute atomic E-state index is 0.101. The van der Waals surface area contributed by atoms with Crippen LogP contribution < -0.4 is 0 Å². The first-order valence-electron chi connectivity index (χ1n) is 30.3. The molecule has 0 fully saturated rings. The van der Waals surface area contributed by atoms with Crippen molar-refractivity contribution in [3.63, 3.8) is 0 Å². The Hall–Kier alpha value is -1.94. The Morgan fingerprint density at radius 2 is 0.597 bits per heavy atom. The summed E-state index contributed by atoms with van der Waals surface area (Å²) in [7, 11) is -9.87. The molecule has 19 heteroatoms. The first-order valence-corrected chi connectivity index (χ1v) is 33.3.